The number of amides is 1. The Kier molecular flexibility index (Phi) is 22.5. The van der Waals surface area contributed by atoms with Crippen molar-refractivity contribution < 1.29 is 30.8 Å². The van der Waals surface area contributed by atoms with Gasteiger partial charge < -0.3 is 25.8 Å². The van der Waals surface area contributed by atoms with Gasteiger partial charge in [-0.3, -0.25) is 39.0 Å². The molecular weight excluding hydrogens is 1640 g/mol. The zero-order chi connectivity index (χ0) is 83.6. The van der Waals surface area contributed by atoms with Crippen LogP contribution in [0.15, 0.2) is 285 Å². The van der Waals surface area contributed by atoms with Crippen molar-refractivity contribution in [3.8, 4) is 50.7 Å². The zero-order valence-corrected chi connectivity index (χ0v) is 67.2. The SMILES string of the molecule is CN1CCC(C(=O)Nc2cnccc2Nc2cc(-c3cc(Cl)ccc3F)nc3ccccc23)CC1.Fc1ccc(Cl)cc1-c1cc(Nc2ccnc3cccnc23)c2ccccc2n1.O=S1(=O)Nc2cnccc2N1c1cc(-c2cc(Cl)ccc2F)nc2ccccc12.O=c1[nH]c2cnccc2n1-c1cc(-c2cc(Cl)ccc2F)nc2ccccc12. The van der Waals surface area contributed by atoms with Crippen LogP contribution in [0.2, 0.25) is 20.1 Å². The van der Waals surface area contributed by atoms with E-state index in [1.165, 1.54) is 77.4 Å². The molecule has 12 heterocycles. The molecular formula is C91H63Cl4F4N17O4S. The van der Waals surface area contributed by atoms with Crippen LogP contribution in [0.3, 0.4) is 0 Å². The van der Waals surface area contributed by atoms with E-state index in [9.17, 15) is 35.6 Å². The van der Waals surface area contributed by atoms with Crippen LogP contribution in [-0.2, 0) is 15.0 Å². The Balaban J connectivity index is 0.000000115. The highest BCUT2D eigenvalue weighted by Crippen LogP contribution is 2.46. The number of hydrogen-bond acceptors (Lipinski definition) is 16. The summed E-state index contributed by atoms with van der Waals surface area (Å²) in [4.78, 5) is 70.2. The number of piperidine rings is 1. The minimum atomic E-state index is -3.91. The van der Waals surface area contributed by atoms with E-state index in [4.69, 9.17) is 46.4 Å². The minimum absolute atomic E-state index is 0.00424. The second-order valence-corrected chi connectivity index (χ2v) is 31.4. The van der Waals surface area contributed by atoms with Gasteiger partial charge in [-0.15, -0.1) is 0 Å². The molecule has 2 aliphatic rings. The molecule has 0 bridgehead atoms. The van der Waals surface area contributed by atoms with Gasteiger partial charge in [-0.2, -0.15) is 8.42 Å². The van der Waals surface area contributed by atoms with Gasteiger partial charge in [-0.1, -0.05) is 119 Å². The summed E-state index contributed by atoms with van der Waals surface area (Å²) in [5.41, 5.74) is 13.2. The highest BCUT2D eigenvalue weighted by atomic mass is 35.5. The lowest BCUT2D eigenvalue weighted by atomic mass is 9.96. The molecule has 0 aliphatic carbocycles. The number of halogens is 8. The minimum Gasteiger partial charge on any atom is -0.353 e. The summed E-state index contributed by atoms with van der Waals surface area (Å²) in [6.45, 7) is 1.81. The number of aromatic amines is 1. The topological polar surface area (TPSA) is 260 Å². The molecule has 1 fully saturated rings. The number of fused-ring (bicyclic) bond motifs is 7. The summed E-state index contributed by atoms with van der Waals surface area (Å²) in [6.07, 6.45) is 14.6. The van der Waals surface area contributed by atoms with Crippen LogP contribution in [0, 0.1) is 29.2 Å². The van der Waals surface area contributed by atoms with Crippen molar-refractivity contribution in [3.63, 3.8) is 0 Å². The summed E-state index contributed by atoms with van der Waals surface area (Å²) < 4.78 is 89.1. The van der Waals surface area contributed by atoms with Crippen LogP contribution in [0.25, 0.3) is 116 Å². The van der Waals surface area contributed by atoms with Crippen LogP contribution >= 0.6 is 46.4 Å². The maximum absolute atomic E-state index is 14.6. The van der Waals surface area contributed by atoms with Crippen molar-refractivity contribution in [1.29, 1.82) is 0 Å². The number of carbonyl (C=O) groups excluding carboxylic acids is 1. The number of hydrogen-bond donors (Lipinski definition) is 5. The third-order valence-corrected chi connectivity index (χ3v) is 22.6. The van der Waals surface area contributed by atoms with E-state index in [2.05, 4.69) is 82.5 Å². The van der Waals surface area contributed by atoms with Crippen molar-refractivity contribution in [2.45, 2.75) is 12.8 Å². The summed E-state index contributed by atoms with van der Waals surface area (Å²) in [5, 5.41) is 14.7. The van der Waals surface area contributed by atoms with E-state index in [0.717, 1.165) is 75.7 Å². The molecule has 10 aromatic heterocycles. The lowest BCUT2D eigenvalue weighted by Crippen LogP contribution is -2.36. The van der Waals surface area contributed by atoms with Gasteiger partial charge in [0.15, 0.2) is 0 Å². The van der Waals surface area contributed by atoms with Crippen LogP contribution in [0.4, 0.5) is 63.1 Å². The molecule has 2 aliphatic heterocycles. The Morgan fingerprint density at radius 2 is 0.884 bits per heavy atom. The van der Waals surface area contributed by atoms with E-state index in [1.807, 2.05) is 97.1 Å². The average molecular weight is 1710 g/mol. The molecule has 0 saturated carbocycles. The zero-order valence-electron chi connectivity index (χ0n) is 63.4. The van der Waals surface area contributed by atoms with Gasteiger partial charge in [0, 0.05) is 101 Å². The molecule has 0 unspecified atom stereocenters. The Labute approximate surface area is 707 Å². The Bertz CT molecular complexity index is 7290. The number of nitrogens with zero attached hydrogens (tertiary/aromatic N) is 12. The van der Waals surface area contributed by atoms with E-state index in [0.29, 0.717) is 115 Å². The second-order valence-electron chi connectivity index (χ2n) is 28.1. The summed E-state index contributed by atoms with van der Waals surface area (Å²) >= 11 is 24.3. The number of pyridine rings is 9. The predicted octanol–water partition coefficient (Wildman–Crippen LogP) is 22.1. The van der Waals surface area contributed by atoms with E-state index in [-0.39, 0.29) is 40.2 Å². The summed E-state index contributed by atoms with van der Waals surface area (Å²) in [6, 6.07) is 64.8. The number of nitrogens with one attached hydrogen (secondary N) is 5. The molecule has 0 radical (unpaired) electrons. The van der Waals surface area contributed by atoms with E-state index < -0.39 is 27.7 Å². The monoisotopic (exact) mass is 1710 g/mol. The summed E-state index contributed by atoms with van der Waals surface area (Å²) in [5.74, 6) is -1.75. The lowest BCUT2D eigenvalue weighted by molar-refractivity contribution is -0.121. The fourth-order valence-corrected chi connectivity index (χ4v) is 16.5. The third-order valence-electron chi connectivity index (χ3n) is 20.3. The Hall–Kier alpha value is -13.9. The molecule has 8 aromatic carbocycles. The van der Waals surface area contributed by atoms with Crippen LogP contribution in [0.1, 0.15) is 12.8 Å². The second kappa shape index (κ2) is 34.2. The highest BCUT2D eigenvalue weighted by Gasteiger charge is 2.36. The molecule has 0 atom stereocenters. The standard InChI is InChI=1S/C27H25ClFN5O.C23H14ClFN4.C21H12ClFN4O.C20H12ClFN4O2S/c1-34-12-9-17(10-13-34)27(35)33-26-16-30-11-8-23(26)32-24-15-25(20-14-18(28)6-7-21(20)29)31-22-5-3-2-4-19(22)24;24-14-7-8-17(25)16(12-14)22-13-21(15-4-1-2-5-18(15)28-22)29-20-9-11-26-19-6-3-10-27-23(19)20;22-12-5-6-15(23)14(9-12)17-10-20(13-3-1-2-4-16(13)25-17)27-19-7-8-24-11-18(19)26-21(27)28;21-12-5-6-15(22)14(9-12)17-10-20(13-3-1-2-4-16(13)24-17)26-19-7-8-23-11-18(19)25-29(26,27)28/h2-8,11,14-17H,9-10,12-13H2,1H3,(H,33,35)(H,30,31,32);1-13H,(H,26,28,29);1-11H,(H,26,28);1-11,25H. The van der Waals surface area contributed by atoms with Gasteiger partial charge in [-0.25, -0.2) is 46.6 Å². The number of anilines is 8. The first-order chi connectivity index (χ1) is 58.7. The molecule has 1 amide bonds. The predicted molar refractivity (Wildman–Crippen MR) is 472 cm³/mol. The van der Waals surface area contributed by atoms with Gasteiger partial charge in [0.05, 0.1) is 131 Å². The number of carbonyl (C=O) groups is 1. The molecule has 30 heteroatoms. The first-order valence-corrected chi connectivity index (χ1v) is 40.6. The van der Waals surface area contributed by atoms with Gasteiger partial charge >= 0.3 is 15.9 Å². The molecule has 0 spiro atoms. The number of benzene rings is 8. The van der Waals surface area contributed by atoms with Crippen LogP contribution < -0.4 is 30.7 Å². The quantitative estimate of drug-likeness (QED) is 0.0712. The largest absolute Gasteiger partial charge is 0.353 e. The molecule has 121 heavy (non-hydrogen) atoms. The molecule has 20 rings (SSSR count). The number of aromatic nitrogens is 11. The Morgan fingerprint density at radius 3 is 1.44 bits per heavy atom. The lowest BCUT2D eigenvalue weighted by Gasteiger charge is -2.28. The maximum atomic E-state index is 14.6. The van der Waals surface area contributed by atoms with Crippen LogP contribution in [-0.4, -0.2) is 93.8 Å². The van der Waals surface area contributed by atoms with Crippen molar-refractivity contribution in [3.05, 3.63) is 334 Å². The van der Waals surface area contributed by atoms with Gasteiger partial charge in [0.2, 0.25) is 5.91 Å². The normalized spacial score (nSPS) is 13.0. The maximum Gasteiger partial charge on any atom is 0.331 e. The first-order valence-electron chi connectivity index (χ1n) is 37.6. The summed E-state index contributed by atoms with van der Waals surface area (Å²) in [7, 11) is -1.84. The molecule has 1 saturated heterocycles. The average Bonchev–Trinajstić information content (AvgIpc) is 1.54. The molecule has 598 valence electrons. The molecule has 5 N–H and O–H groups in total. The van der Waals surface area contributed by atoms with E-state index in [1.54, 1.807) is 115 Å². The number of H-pyrrole nitrogens is 1. The van der Waals surface area contributed by atoms with Crippen molar-refractivity contribution in [2.75, 3.05) is 45.1 Å². The van der Waals surface area contributed by atoms with Crippen molar-refractivity contribution in [2.24, 2.45) is 5.92 Å². The van der Waals surface area contributed by atoms with Crippen LogP contribution in [0.5, 0.6) is 0 Å². The Morgan fingerprint density at radius 1 is 0.438 bits per heavy atom. The smallest absolute Gasteiger partial charge is 0.331 e. The number of rotatable bonds is 12. The number of para-hydroxylation sites is 4. The van der Waals surface area contributed by atoms with Gasteiger partial charge in [-0.05, 0) is 191 Å². The number of imidazole rings is 1. The van der Waals surface area contributed by atoms with Gasteiger partial charge in [0.1, 0.15) is 28.8 Å². The molecule has 18 aromatic rings. The molecule has 21 nitrogen and oxygen atoms in total. The first kappa shape index (κ1) is 79.6. The fraction of sp³-hybridized carbons (Fsp3) is 0.0659. The number of likely N-dealkylation sites (tertiary alicyclic amines) is 1. The van der Waals surface area contributed by atoms with E-state index >= 15 is 0 Å². The highest BCUT2D eigenvalue weighted by molar-refractivity contribution is 7.95. The fourth-order valence-electron chi connectivity index (χ4n) is 14.4. The third kappa shape index (κ3) is 16.9. The van der Waals surface area contributed by atoms with Crippen molar-refractivity contribution >= 4 is 174 Å². The van der Waals surface area contributed by atoms with Gasteiger partial charge in [0.25, 0.3) is 0 Å². The van der Waals surface area contributed by atoms with Crippen molar-refractivity contribution in [1.82, 2.24) is 59.3 Å².